The van der Waals surface area contributed by atoms with Gasteiger partial charge in [-0.3, -0.25) is 4.79 Å². The van der Waals surface area contributed by atoms with Gasteiger partial charge in [-0.1, -0.05) is 25.1 Å². The zero-order valence-electron chi connectivity index (χ0n) is 11.0. The lowest BCUT2D eigenvalue weighted by Crippen LogP contribution is -2.40. The number of carbonyl (C=O) groups excluding carboxylic acids is 1. The van der Waals surface area contributed by atoms with E-state index in [0.717, 1.165) is 11.1 Å². The molecule has 98 valence electrons. The molecule has 0 spiro atoms. The molecule has 4 nitrogen and oxygen atoms in total. The summed E-state index contributed by atoms with van der Waals surface area (Å²) >= 11 is 0. The molecular weight excluding hydrogens is 230 g/mol. The van der Waals surface area contributed by atoms with Crippen LogP contribution in [0.1, 0.15) is 30.0 Å². The maximum atomic E-state index is 11.7. The van der Waals surface area contributed by atoms with E-state index in [0.29, 0.717) is 6.42 Å². The molecule has 0 unspecified atom stereocenters. The van der Waals surface area contributed by atoms with Crippen LogP contribution in [0.4, 0.5) is 0 Å². The first-order chi connectivity index (χ1) is 8.43. The second-order valence-corrected chi connectivity index (χ2v) is 4.46. The molecule has 0 fully saturated rings. The van der Waals surface area contributed by atoms with E-state index in [4.69, 9.17) is 5.11 Å². The van der Waals surface area contributed by atoms with Crippen molar-refractivity contribution in [3.05, 3.63) is 34.9 Å². The summed E-state index contributed by atoms with van der Waals surface area (Å²) in [6, 6.07) is 5.01. The standard InChI is InChI=1S/C14H19NO3/c1-4-12(14(17)18)15-13(16)8-11-6-5-9(2)10(3)7-11/h5-7,12H,4,8H2,1-3H3,(H,15,16)(H,17,18)/t12-/m1/s1. The second-order valence-electron chi connectivity index (χ2n) is 4.46. The number of hydrogen-bond acceptors (Lipinski definition) is 2. The molecule has 0 aliphatic rings. The third-order valence-corrected chi connectivity index (χ3v) is 2.98. The van der Waals surface area contributed by atoms with Gasteiger partial charge in [-0.15, -0.1) is 0 Å². The van der Waals surface area contributed by atoms with Gasteiger partial charge < -0.3 is 10.4 Å². The summed E-state index contributed by atoms with van der Waals surface area (Å²) in [5, 5.41) is 11.4. The molecule has 18 heavy (non-hydrogen) atoms. The fraction of sp³-hybridized carbons (Fsp3) is 0.429. The molecule has 0 aliphatic heterocycles. The van der Waals surface area contributed by atoms with Crippen LogP contribution < -0.4 is 5.32 Å². The van der Waals surface area contributed by atoms with Crippen LogP contribution in [0, 0.1) is 13.8 Å². The lowest BCUT2D eigenvalue weighted by molar-refractivity contribution is -0.141. The van der Waals surface area contributed by atoms with Crippen LogP contribution >= 0.6 is 0 Å². The number of carboxylic acids is 1. The van der Waals surface area contributed by atoms with Crippen molar-refractivity contribution < 1.29 is 14.7 Å². The summed E-state index contributed by atoms with van der Waals surface area (Å²) in [5.41, 5.74) is 3.21. The molecule has 0 heterocycles. The van der Waals surface area contributed by atoms with Crippen LogP contribution in [0.25, 0.3) is 0 Å². The fourth-order valence-electron chi connectivity index (χ4n) is 1.68. The summed E-state index contributed by atoms with van der Waals surface area (Å²) in [7, 11) is 0. The van der Waals surface area contributed by atoms with Crippen LogP contribution in [-0.4, -0.2) is 23.0 Å². The van der Waals surface area contributed by atoms with Gasteiger partial charge in [0.25, 0.3) is 0 Å². The van der Waals surface area contributed by atoms with E-state index < -0.39 is 12.0 Å². The Kier molecular flexibility index (Phi) is 4.89. The van der Waals surface area contributed by atoms with E-state index in [-0.39, 0.29) is 12.3 Å². The molecule has 0 saturated carbocycles. The second kappa shape index (κ2) is 6.19. The Balaban J connectivity index is 2.64. The predicted octanol–water partition coefficient (Wildman–Crippen LogP) is 1.83. The average molecular weight is 249 g/mol. The summed E-state index contributed by atoms with van der Waals surface area (Å²) in [6.45, 7) is 5.73. The Morgan fingerprint density at radius 1 is 1.28 bits per heavy atom. The first kappa shape index (κ1) is 14.2. The molecule has 1 aromatic rings. The minimum atomic E-state index is -0.995. The van der Waals surface area contributed by atoms with Crippen LogP contribution in [0.15, 0.2) is 18.2 Å². The summed E-state index contributed by atoms with van der Waals surface area (Å²) < 4.78 is 0. The number of aryl methyl sites for hydroxylation is 2. The number of benzene rings is 1. The molecule has 0 aromatic heterocycles. The van der Waals surface area contributed by atoms with E-state index in [1.807, 2.05) is 32.0 Å². The van der Waals surface area contributed by atoms with Crippen LogP contribution in [-0.2, 0) is 16.0 Å². The van der Waals surface area contributed by atoms with Gasteiger partial charge in [0.05, 0.1) is 6.42 Å². The Hall–Kier alpha value is -1.84. The summed E-state index contributed by atoms with van der Waals surface area (Å²) in [6.07, 6.45) is 0.596. The molecule has 4 heteroatoms. The number of carbonyl (C=O) groups is 2. The van der Waals surface area contributed by atoms with Crippen molar-refractivity contribution in [3.8, 4) is 0 Å². The zero-order valence-corrected chi connectivity index (χ0v) is 11.0. The Labute approximate surface area is 107 Å². The SMILES string of the molecule is CC[C@@H](NC(=O)Cc1ccc(C)c(C)c1)C(=O)O. The van der Waals surface area contributed by atoms with Crippen molar-refractivity contribution >= 4 is 11.9 Å². The Morgan fingerprint density at radius 2 is 1.94 bits per heavy atom. The quantitative estimate of drug-likeness (QED) is 0.836. The first-order valence-corrected chi connectivity index (χ1v) is 6.02. The van der Waals surface area contributed by atoms with Gasteiger partial charge in [0.1, 0.15) is 6.04 Å². The van der Waals surface area contributed by atoms with Crippen LogP contribution in [0.5, 0.6) is 0 Å². The predicted molar refractivity (Wildman–Crippen MR) is 69.5 cm³/mol. The van der Waals surface area contributed by atoms with Crippen molar-refractivity contribution in [3.63, 3.8) is 0 Å². The first-order valence-electron chi connectivity index (χ1n) is 6.02. The summed E-state index contributed by atoms with van der Waals surface area (Å²) in [4.78, 5) is 22.5. The van der Waals surface area contributed by atoms with Gasteiger partial charge >= 0.3 is 5.97 Å². The topological polar surface area (TPSA) is 66.4 Å². The van der Waals surface area contributed by atoms with Gasteiger partial charge in [-0.25, -0.2) is 4.79 Å². The summed E-state index contributed by atoms with van der Waals surface area (Å²) in [5.74, 6) is -1.25. The smallest absolute Gasteiger partial charge is 0.326 e. The maximum absolute atomic E-state index is 11.7. The molecule has 1 rings (SSSR count). The van der Waals surface area contributed by atoms with Crippen LogP contribution in [0.2, 0.25) is 0 Å². The third kappa shape index (κ3) is 3.87. The highest BCUT2D eigenvalue weighted by atomic mass is 16.4. The van der Waals surface area contributed by atoms with Crippen LogP contribution in [0.3, 0.4) is 0 Å². The highest BCUT2D eigenvalue weighted by molar-refractivity contribution is 5.84. The normalized spacial score (nSPS) is 11.9. The third-order valence-electron chi connectivity index (χ3n) is 2.98. The van der Waals surface area contributed by atoms with E-state index in [1.165, 1.54) is 5.56 Å². The molecular formula is C14H19NO3. The maximum Gasteiger partial charge on any atom is 0.326 e. The molecule has 2 N–H and O–H groups in total. The minimum Gasteiger partial charge on any atom is -0.480 e. The van der Waals surface area contributed by atoms with Gasteiger partial charge in [0.2, 0.25) is 5.91 Å². The largest absolute Gasteiger partial charge is 0.480 e. The fourth-order valence-corrected chi connectivity index (χ4v) is 1.68. The van der Waals surface area contributed by atoms with Crippen molar-refractivity contribution in [2.75, 3.05) is 0 Å². The molecule has 0 radical (unpaired) electrons. The average Bonchev–Trinajstić information content (AvgIpc) is 2.30. The van der Waals surface area contributed by atoms with E-state index in [1.54, 1.807) is 6.92 Å². The molecule has 1 aromatic carbocycles. The monoisotopic (exact) mass is 249 g/mol. The molecule has 0 aliphatic carbocycles. The number of carboxylic acid groups (broad SMARTS) is 1. The van der Waals surface area contributed by atoms with Crippen molar-refractivity contribution in [2.24, 2.45) is 0 Å². The number of amides is 1. The molecule has 0 saturated heterocycles. The highest BCUT2D eigenvalue weighted by Gasteiger charge is 2.17. The van der Waals surface area contributed by atoms with E-state index >= 15 is 0 Å². The lowest BCUT2D eigenvalue weighted by Gasteiger charge is -2.12. The number of rotatable bonds is 5. The number of nitrogens with one attached hydrogen (secondary N) is 1. The van der Waals surface area contributed by atoms with E-state index in [2.05, 4.69) is 5.32 Å². The van der Waals surface area contributed by atoms with Gasteiger partial charge in [-0.2, -0.15) is 0 Å². The lowest BCUT2D eigenvalue weighted by atomic mass is 10.0. The van der Waals surface area contributed by atoms with Crippen molar-refractivity contribution in [1.29, 1.82) is 0 Å². The molecule has 1 amide bonds. The zero-order chi connectivity index (χ0) is 13.7. The Morgan fingerprint density at radius 3 is 2.44 bits per heavy atom. The van der Waals surface area contributed by atoms with Gasteiger partial charge in [-0.05, 0) is 37.0 Å². The van der Waals surface area contributed by atoms with E-state index in [9.17, 15) is 9.59 Å². The van der Waals surface area contributed by atoms with Gasteiger partial charge in [0, 0.05) is 0 Å². The van der Waals surface area contributed by atoms with Crippen molar-refractivity contribution in [1.82, 2.24) is 5.32 Å². The Bertz CT molecular complexity index is 454. The number of aliphatic carboxylic acids is 1. The van der Waals surface area contributed by atoms with Gasteiger partial charge in [0.15, 0.2) is 0 Å². The number of hydrogen-bond donors (Lipinski definition) is 2. The molecule has 0 bridgehead atoms. The van der Waals surface area contributed by atoms with Crippen molar-refractivity contribution in [2.45, 2.75) is 39.7 Å². The molecule has 1 atom stereocenters. The minimum absolute atomic E-state index is 0.213. The highest BCUT2D eigenvalue weighted by Crippen LogP contribution is 2.10.